The number of nitrogens with zero attached hydrogens (tertiary/aromatic N) is 1. The number of rotatable bonds is 6. The van der Waals surface area contributed by atoms with E-state index in [1.54, 1.807) is 42.6 Å². The van der Waals surface area contributed by atoms with Crippen LogP contribution in [0.5, 0.6) is 11.5 Å². The highest BCUT2D eigenvalue weighted by Gasteiger charge is 2.20. The Kier molecular flexibility index (Phi) is 4.45. The molecule has 0 radical (unpaired) electrons. The molecule has 0 aliphatic carbocycles. The van der Waals surface area contributed by atoms with Gasteiger partial charge in [0.05, 0.1) is 30.5 Å². The van der Waals surface area contributed by atoms with Crippen LogP contribution in [0.4, 0.5) is 5.69 Å². The van der Waals surface area contributed by atoms with E-state index in [1.165, 1.54) is 14.2 Å². The molecule has 2 heterocycles. The van der Waals surface area contributed by atoms with Crippen molar-refractivity contribution in [3.05, 3.63) is 42.6 Å². The molecule has 2 aromatic heterocycles. The lowest BCUT2D eigenvalue weighted by Gasteiger charge is -2.12. The van der Waals surface area contributed by atoms with Crippen molar-refractivity contribution < 1.29 is 17.9 Å². The summed E-state index contributed by atoms with van der Waals surface area (Å²) in [6.45, 7) is 0. The quantitative estimate of drug-likeness (QED) is 0.700. The number of hydrogen-bond donors (Lipinski definition) is 2. The minimum Gasteiger partial charge on any atom is -0.497 e. The van der Waals surface area contributed by atoms with Crippen LogP contribution in [0.3, 0.4) is 0 Å². The van der Waals surface area contributed by atoms with Crippen molar-refractivity contribution in [2.45, 2.75) is 4.21 Å². The maximum absolute atomic E-state index is 12.6. The third-order valence-corrected chi connectivity index (χ3v) is 6.24. The molecule has 0 bridgehead atoms. The van der Waals surface area contributed by atoms with Gasteiger partial charge in [-0.3, -0.25) is 9.82 Å². The van der Waals surface area contributed by atoms with Crippen LogP contribution >= 0.6 is 11.3 Å². The fraction of sp³-hybridized carbons (Fsp3) is 0.133. The van der Waals surface area contributed by atoms with Gasteiger partial charge in [0.15, 0.2) is 0 Å². The smallest absolute Gasteiger partial charge is 0.271 e. The van der Waals surface area contributed by atoms with E-state index >= 15 is 0 Å². The van der Waals surface area contributed by atoms with Crippen LogP contribution in [0.25, 0.3) is 10.6 Å². The topological polar surface area (TPSA) is 93.3 Å². The first kappa shape index (κ1) is 16.3. The van der Waals surface area contributed by atoms with E-state index in [0.29, 0.717) is 17.2 Å². The first-order chi connectivity index (χ1) is 11.5. The summed E-state index contributed by atoms with van der Waals surface area (Å²) in [5.74, 6) is 0.954. The van der Waals surface area contributed by atoms with Crippen molar-refractivity contribution in [1.29, 1.82) is 0 Å². The van der Waals surface area contributed by atoms with Gasteiger partial charge >= 0.3 is 0 Å². The maximum Gasteiger partial charge on any atom is 0.271 e. The molecule has 24 heavy (non-hydrogen) atoms. The summed E-state index contributed by atoms with van der Waals surface area (Å²) in [5.41, 5.74) is 1.11. The summed E-state index contributed by atoms with van der Waals surface area (Å²) < 4.78 is 38.3. The predicted octanol–water partition coefficient (Wildman–Crippen LogP) is 2.96. The fourth-order valence-electron chi connectivity index (χ4n) is 2.08. The molecular weight excluding hydrogens is 350 g/mol. The standard InChI is InChI=1S/C15H15N3O4S2/c1-21-10-3-4-11(13(9-10)22-2)18-24(19,20)15-6-5-14(23-15)12-7-8-16-17-12/h3-9,18H,1-2H3,(H,16,17). The van der Waals surface area contributed by atoms with Gasteiger partial charge in [0.25, 0.3) is 10.0 Å². The van der Waals surface area contributed by atoms with Gasteiger partial charge in [-0.15, -0.1) is 11.3 Å². The molecular formula is C15H15N3O4S2. The van der Waals surface area contributed by atoms with E-state index in [1.807, 2.05) is 0 Å². The normalized spacial score (nSPS) is 11.2. The lowest BCUT2D eigenvalue weighted by Crippen LogP contribution is -2.12. The number of ether oxygens (including phenoxy) is 2. The van der Waals surface area contributed by atoms with Crippen LogP contribution in [0.1, 0.15) is 0 Å². The Bertz CT molecular complexity index is 934. The molecule has 0 spiro atoms. The van der Waals surface area contributed by atoms with Gasteiger partial charge in [0, 0.05) is 12.3 Å². The van der Waals surface area contributed by atoms with E-state index in [2.05, 4.69) is 14.9 Å². The fourth-order valence-corrected chi connectivity index (χ4v) is 4.43. The molecule has 0 aliphatic rings. The monoisotopic (exact) mass is 365 g/mol. The lowest BCUT2D eigenvalue weighted by atomic mass is 10.3. The molecule has 0 unspecified atom stereocenters. The second-order valence-corrected chi connectivity index (χ2v) is 7.75. The van der Waals surface area contributed by atoms with E-state index in [9.17, 15) is 8.42 Å². The van der Waals surface area contributed by atoms with Gasteiger partial charge in [-0.05, 0) is 30.3 Å². The number of methoxy groups -OCH3 is 2. The first-order valence-electron chi connectivity index (χ1n) is 6.88. The van der Waals surface area contributed by atoms with E-state index in [4.69, 9.17) is 9.47 Å². The molecule has 0 saturated carbocycles. The summed E-state index contributed by atoms with van der Waals surface area (Å²) in [7, 11) is -0.727. The highest BCUT2D eigenvalue weighted by atomic mass is 32.2. The zero-order chi connectivity index (χ0) is 17.2. The van der Waals surface area contributed by atoms with Crippen molar-refractivity contribution in [3.63, 3.8) is 0 Å². The maximum atomic E-state index is 12.6. The summed E-state index contributed by atoms with van der Waals surface area (Å²) in [5, 5.41) is 6.68. The van der Waals surface area contributed by atoms with E-state index in [0.717, 1.165) is 21.9 Å². The van der Waals surface area contributed by atoms with Crippen LogP contribution in [-0.4, -0.2) is 32.8 Å². The van der Waals surface area contributed by atoms with Gasteiger partial charge in [-0.1, -0.05) is 0 Å². The number of hydrogen-bond acceptors (Lipinski definition) is 6. The molecule has 126 valence electrons. The first-order valence-corrected chi connectivity index (χ1v) is 9.18. The van der Waals surface area contributed by atoms with Gasteiger partial charge in [0.2, 0.25) is 0 Å². The van der Waals surface area contributed by atoms with Crippen LogP contribution in [0.2, 0.25) is 0 Å². The van der Waals surface area contributed by atoms with Crippen LogP contribution in [0, 0.1) is 0 Å². The van der Waals surface area contributed by atoms with Crippen molar-refractivity contribution in [2.75, 3.05) is 18.9 Å². The molecule has 1 aromatic carbocycles. The van der Waals surface area contributed by atoms with Crippen molar-refractivity contribution >= 4 is 27.0 Å². The Labute approximate surface area is 143 Å². The third-order valence-electron chi connectivity index (χ3n) is 3.27. The van der Waals surface area contributed by atoms with Crippen molar-refractivity contribution in [1.82, 2.24) is 10.2 Å². The van der Waals surface area contributed by atoms with Gasteiger partial charge in [-0.25, -0.2) is 8.42 Å². The Balaban J connectivity index is 1.89. The molecule has 7 nitrogen and oxygen atoms in total. The minimum atomic E-state index is -3.72. The van der Waals surface area contributed by atoms with E-state index < -0.39 is 10.0 Å². The molecule has 9 heteroatoms. The number of aromatic nitrogens is 2. The zero-order valence-electron chi connectivity index (χ0n) is 12.9. The Morgan fingerprint density at radius 3 is 2.62 bits per heavy atom. The van der Waals surface area contributed by atoms with Crippen LogP contribution in [-0.2, 0) is 10.0 Å². The highest BCUT2D eigenvalue weighted by Crippen LogP contribution is 2.34. The Morgan fingerprint density at radius 2 is 1.96 bits per heavy atom. The molecule has 0 fully saturated rings. The number of benzene rings is 1. The molecule has 2 N–H and O–H groups in total. The average molecular weight is 365 g/mol. The largest absolute Gasteiger partial charge is 0.497 e. The minimum absolute atomic E-state index is 0.199. The average Bonchev–Trinajstić information content (AvgIpc) is 3.26. The number of sulfonamides is 1. The number of H-pyrrole nitrogens is 1. The highest BCUT2D eigenvalue weighted by molar-refractivity contribution is 7.94. The number of nitrogens with one attached hydrogen (secondary N) is 2. The number of thiophene rings is 1. The SMILES string of the molecule is COc1ccc(NS(=O)(=O)c2ccc(-c3ccn[nH]3)s2)c(OC)c1. The summed E-state index contributed by atoms with van der Waals surface area (Å²) in [6.07, 6.45) is 1.61. The summed E-state index contributed by atoms with van der Waals surface area (Å²) in [6, 6.07) is 9.94. The van der Waals surface area contributed by atoms with Crippen LogP contribution in [0.15, 0.2) is 46.8 Å². The zero-order valence-corrected chi connectivity index (χ0v) is 14.6. The predicted molar refractivity (Wildman–Crippen MR) is 92.3 cm³/mol. The second kappa shape index (κ2) is 6.54. The molecule has 0 aliphatic heterocycles. The van der Waals surface area contributed by atoms with Gasteiger partial charge in [-0.2, -0.15) is 5.10 Å². The Morgan fingerprint density at radius 1 is 1.12 bits per heavy atom. The van der Waals surface area contributed by atoms with Crippen LogP contribution < -0.4 is 14.2 Å². The van der Waals surface area contributed by atoms with Crippen molar-refractivity contribution in [3.8, 4) is 22.1 Å². The second-order valence-electron chi connectivity index (χ2n) is 4.76. The van der Waals surface area contributed by atoms with Crippen molar-refractivity contribution in [2.24, 2.45) is 0 Å². The molecule has 0 saturated heterocycles. The molecule has 3 rings (SSSR count). The number of aromatic amines is 1. The molecule has 3 aromatic rings. The van der Waals surface area contributed by atoms with Gasteiger partial charge in [0.1, 0.15) is 15.7 Å². The molecule has 0 amide bonds. The Hall–Kier alpha value is -2.52. The summed E-state index contributed by atoms with van der Waals surface area (Å²) >= 11 is 1.15. The molecule has 0 atom stereocenters. The third kappa shape index (κ3) is 3.22. The summed E-state index contributed by atoms with van der Waals surface area (Å²) in [4.78, 5) is 0.787. The number of anilines is 1. The lowest BCUT2D eigenvalue weighted by molar-refractivity contribution is 0.395. The van der Waals surface area contributed by atoms with Gasteiger partial charge < -0.3 is 9.47 Å². The van der Waals surface area contributed by atoms with E-state index in [-0.39, 0.29) is 4.21 Å².